The number of anilines is 1. The molecule has 1 aromatic heterocycles. The van der Waals surface area contributed by atoms with E-state index in [1.165, 1.54) is 6.42 Å². The van der Waals surface area contributed by atoms with Gasteiger partial charge in [0.25, 0.3) is 0 Å². The van der Waals surface area contributed by atoms with Crippen LogP contribution in [-0.2, 0) is 0 Å². The predicted molar refractivity (Wildman–Crippen MR) is 80.6 cm³/mol. The van der Waals surface area contributed by atoms with Gasteiger partial charge in [0.15, 0.2) is 0 Å². The third-order valence-corrected chi connectivity index (χ3v) is 3.91. The van der Waals surface area contributed by atoms with Gasteiger partial charge >= 0.3 is 0 Å². The van der Waals surface area contributed by atoms with Crippen LogP contribution in [0, 0.1) is 0 Å². The van der Waals surface area contributed by atoms with E-state index in [2.05, 4.69) is 46.1 Å². The van der Waals surface area contributed by atoms with Gasteiger partial charge in [0.2, 0.25) is 0 Å². The van der Waals surface area contributed by atoms with E-state index in [1.807, 2.05) is 12.3 Å². The highest BCUT2D eigenvalue weighted by molar-refractivity contribution is 5.38. The number of hydrogen-bond acceptors (Lipinski definition) is 4. The molecule has 1 unspecified atom stereocenters. The Morgan fingerprint density at radius 2 is 2.00 bits per heavy atom. The Kier molecular flexibility index (Phi) is 5.61. The molecule has 1 saturated heterocycles. The van der Waals surface area contributed by atoms with Gasteiger partial charge in [0, 0.05) is 45.0 Å². The molecule has 0 aromatic carbocycles. The number of nitrogens with one attached hydrogen (secondary N) is 1. The van der Waals surface area contributed by atoms with Crippen molar-refractivity contribution in [3.8, 4) is 0 Å². The molecular formula is C15H26N4. The third-order valence-electron chi connectivity index (χ3n) is 3.91. The maximum Gasteiger partial charge on any atom is 0.128 e. The molecule has 2 rings (SSSR count). The summed E-state index contributed by atoms with van der Waals surface area (Å²) in [4.78, 5) is 9.44. The van der Waals surface area contributed by atoms with E-state index in [1.54, 1.807) is 0 Å². The van der Waals surface area contributed by atoms with E-state index in [9.17, 15) is 0 Å². The summed E-state index contributed by atoms with van der Waals surface area (Å²) in [6.45, 7) is 11.1. The lowest BCUT2D eigenvalue weighted by atomic mass is 10.1. The first-order valence-corrected chi connectivity index (χ1v) is 7.46. The van der Waals surface area contributed by atoms with Crippen molar-refractivity contribution >= 4 is 5.82 Å². The monoisotopic (exact) mass is 262 g/mol. The van der Waals surface area contributed by atoms with Gasteiger partial charge in [-0.1, -0.05) is 19.9 Å². The standard InChI is InChI=1S/C15H26N4/c1-3-14(13-16-4-2)18-9-11-19(12-10-18)15-7-5-6-8-17-15/h5-8,14,16H,3-4,9-13H2,1-2H3. The summed E-state index contributed by atoms with van der Waals surface area (Å²) in [7, 11) is 0. The van der Waals surface area contributed by atoms with Gasteiger partial charge in [-0.05, 0) is 25.1 Å². The van der Waals surface area contributed by atoms with Crippen LogP contribution in [0.1, 0.15) is 20.3 Å². The SMILES string of the molecule is CCNCC(CC)N1CCN(c2ccccn2)CC1. The fraction of sp³-hybridized carbons (Fsp3) is 0.667. The quantitative estimate of drug-likeness (QED) is 0.843. The van der Waals surface area contributed by atoms with Crippen LogP contribution in [0.15, 0.2) is 24.4 Å². The summed E-state index contributed by atoms with van der Waals surface area (Å²) in [5, 5.41) is 3.47. The summed E-state index contributed by atoms with van der Waals surface area (Å²) >= 11 is 0. The first-order valence-electron chi connectivity index (χ1n) is 7.46. The van der Waals surface area contributed by atoms with E-state index in [4.69, 9.17) is 0 Å². The Labute approximate surface area is 116 Å². The summed E-state index contributed by atoms with van der Waals surface area (Å²) in [5.74, 6) is 1.11. The van der Waals surface area contributed by atoms with E-state index >= 15 is 0 Å². The van der Waals surface area contributed by atoms with Gasteiger partial charge in [0.1, 0.15) is 5.82 Å². The lowest BCUT2D eigenvalue weighted by Gasteiger charge is -2.39. The topological polar surface area (TPSA) is 31.4 Å². The van der Waals surface area contributed by atoms with Gasteiger partial charge in [-0.2, -0.15) is 0 Å². The molecule has 19 heavy (non-hydrogen) atoms. The zero-order valence-corrected chi connectivity index (χ0v) is 12.2. The molecule has 4 heteroatoms. The van der Waals surface area contributed by atoms with Crippen LogP contribution in [-0.4, -0.2) is 55.2 Å². The number of aromatic nitrogens is 1. The Hall–Kier alpha value is -1.13. The summed E-state index contributed by atoms with van der Waals surface area (Å²) in [6.07, 6.45) is 3.10. The van der Waals surface area contributed by atoms with Crippen LogP contribution < -0.4 is 10.2 Å². The van der Waals surface area contributed by atoms with Crippen molar-refractivity contribution in [2.75, 3.05) is 44.2 Å². The number of pyridine rings is 1. The molecule has 0 bridgehead atoms. The van der Waals surface area contributed by atoms with E-state index < -0.39 is 0 Å². The normalized spacial score (nSPS) is 18.5. The molecule has 106 valence electrons. The minimum Gasteiger partial charge on any atom is -0.354 e. The van der Waals surface area contributed by atoms with Crippen LogP contribution in [0.25, 0.3) is 0 Å². The van der Waals surface area contributed by atoms with Crippen LogP contribution in [0.3, 0.4) is 0 Å². The first-order chi connectivity index (χ1) is 9.35. The fourth-order valence-corrected chi connectivity index (χ4v) is 2.70. The van der Waals surface area contributed by atoms with Crippen molar-refractivity contribution in [2.45, 2.75) is 26.3 Å². The number of piperazine rings is 1. The van der Waals surface area contributed by atoms with Crippen LogP contribution in [0.5, 0.6) is 0 Å². The molecule has 4 nitrogen and oxygen atoms in total. The van der Waals surface area contributed by atoms with E-state index in [0.29, 0.717) is 6.04 Å². The van der Waals surface area contributed by atoms with E-state index in [-0.39, 0.29) is 0 Å². The Bertz CT molecular complexity index is 346. The highest BCUT2D eigenvalue weighted by Gasteiger charge is 2.22. The third kappa shape index (κ3) is 3.91. The molecule has 0 aliphatic carbocycles. The zero-order valence-electron chi connectivity index (χ0n) is 12.2. The highest BCUT2D eigenvalue weighted by atomic mass is 15.3. The van der Waals surface area contributed by atoms with Crippen LogP contribution in [0.4, 0.5) is 5.82 Å². The minimum atomic E-state index is 0.672. The molecule has 1 atom stereocenters. The van der Waals surface area contributed by atoms with Crippen LogP contribution in [0.2, 0.25) is 0 Å². The Morgan fingerprint density at radius 1 is 1.21 bits per heavy atom. The second-order valence-electron chi connectivity index (χ2n) is 5.08. The number of nitrogens with zero attached hydrogens (tertiary/aromatic N) is 3. The van der Waals surface area contributed by atoms with Gasteiger partial charge in [-0.25, -0.2) is 4.98 Å². The number of hydrogen-bond donors (Lipinski definition) is 1. The average Bonchev–Trinajstić information content (AvgIpc) is 2.49. The van der Waals surface area contributed by atoms with Gasteiger partial charge in [-0.3, -0.25) is 4.90 Å². The molecule has 1 aromatic rings. The Balaban J connectivity index is 1.84. The molecule has 1 N–H and O–H groups in total. The zero-order chi connectivity index (χ0) is 13.5. The van der Waals surface area contributed by atoms with Crippen molar-refractivity contribution < 1.29 is 0 Å². The van der Waals surface area contributed by atoms with E-state index in [0.717, 1.165) is 45.1 Å². The van der Waals surface area contributed by atoms with Crippen molar-refractivity contribution in [3.05, 3.63) is 24.4 Å². The molecule has 1 aliphatic heterocycles. The van der Waals surface area contributed by atoms with Gasteiger partial charge in [0.05, 0.1) is 0 Å². The maximum atomic E-state index is 4.44. The molecule has 0 amide bonds. The lowest BCUT2D eigenvalue weighted by molar-refractivity contribution is 0.176. The Morgan fingerprint density at radius 3 is 2.58 bits per heavy atom. The molecule has 1 aliphatic rings. The first kappa shape index (κ1) is 14.3. The maximum absolute atomic E-state index is 4.44. The second kappa shape index (κ2) is 7.46. The molecule has 0 spiro atoms. The predicted octanol–water partition coefficient (Wildman–Crippen LogP) is 1.59. The number of likely N-dealkylation sites (N-methyl/N-ethyl adjacent to an activating group) is 1. The molecule has 2 heterocycles. The van der Waals surface area contributed by atoms with Gasteiger partial charge < -0.3 is 10.2 Å². The molecule has 1 fully saturated rings. The highest BCUT2D eigenvalue weighted by Crippen LogP contribution is 2.14. The smallest absolute Gasteiger partial charge is 0.128 e. The van der Waals surface area contributed by atoms with Crippen molar-refractivity contribution in [1.82, 2.24) is 15.2 Å². The number of rotatable bonds is 6. The van der Waals surface area contributed by atoms with Crippen molar-refractivity contribution in [3.63, 3.8) is 0 Å². The van der Waals surface area contributed by atoms with Crippen molar-refractivity contribution in [2.24, 2.45) is 0 Å². The minimum absolute atomic E-state index is 0.672. The summed E-state index contributed by atoms with van der Waals surface area (Å²) < 4.78 is 0. The fourth-order valence-electron chi connectivity index (χ4n) is 2.70. The summed E-state index contributed by atoms with van der Waals surface area (Å²) in [5.41, 5.74) is 0. The average molecular weight is 262 g/mol. The van der Waals surface area contributed by atoms with Crippen LogP contribution >= 0.6 is 0 Å². The molecule has 0 saturated carbocycles. The summed E-state index contributed by atoms with van der Waals surface area (Å²) in [6, 6.07) is 6.81. The lowest BCUT2D eigenvalue weighted by Crippen LogP contribution is -2.52. The largest absolute Gasteiger partial charge is 0.354 e. The van der Waals surface area contributed by atoms with Crippen molar-refractivity contribution in [1.29, 1.82) is 0 Å². The molecule has 0 radical (unpaired) electrons. The van der Waals surface area contributed by atoms with Gasteiger partial charge in [-0.15, -0.1) is 0 Å². The molecular weight excluding hydrogens is 236 g/mol. The second-order valence-corrected chi connectivity index (χ2v) is 5.08.